The molecule has 0 fully saturated rings. The van der Waals surface area contributed by atoms with E-state index in [2.05, 4.69) is 185 Å². The Morgan fingerprint density at radius 1 is 0.404 bits per heavy atom. The molecular formula is C52H29BN2S2. The molecule has 0 radical (unpaired) electrons. The van der Waals surface area contributed by atoms with E-state index in [0.717, 1.165) is 0 Å². The standard InChI is InChI=1S/C52H29BN2S2/c1-2-11-30(12-3-1)33-24-42-38-18-10-17-37-39-23-31-13-4-5-14-32(31)25-44(39)55(52(37)38)53-43-29-50-41(36-16-7-9-20-48(36)57-50)28-45(43)54(46(26-33)51(42)53)34-21-22-49-40(27-34)35-15-6-8-19-47(35)56-49/h1-29H. The number of hydrogen-bond acceptors (Lipinski definition) is 3. The lowest BCUT2D eigenvalue weighted by atomic mass is 9.45. The maximum absolute atomic E-state index is 2.70. The van der Waals surface area contributed by atoms with Gasteiger partial charge in [0.1, 0.15) is 0 Å². The van der Waals surface area contributed by atoms with Crippen LogP contribution < -0.4 is 15.8 Å². The van der Waals surface area contributed by atoms with Crippen LogP contribution in [0.3, 0.4) is 0 Å². The van der Waals surface area contributed by atoms with E-state index in [-0.39, 0.29) is 6.85 Å². The van der Waals surface area contributed by atoms with Crippen LogP contribution in [-0.4, -0.2) is 11.3 Å². The number of benzene rings is 9. The number of aromatic nitrogens is 1. The summed E-state index contributed by atoms with van der Waals surface area (Å²) in [5.74, 6) is 0. The first kappa shape index (κ1) is 30.6. The van der Waals surface area contributed by atoms with Gasteiger partial charge in [0.25, 0.3) is 0 Å². The number of rotatable bonds is 2. The molecule has 2 aliphatic heterocycles. The molecule has 5 heterocycles. The third-order valence-electron chi connectivity index (χ3n) is 12.7. The van der Waals surface area contributed by atoms with Crippen LogP contribution in [0.1, 0.15) is 0 Å². The first-order valence-corrected chi connectivity index (χ1v) is 21.2. The zero-order chi connectivity index (χ0) is 36.9. The predicted molar refractivity (Wildman–Crippen MR) is 249 cm³/mol. The monoisotopic (exact) mass is 756 g/mol. The maximum atomic E-state index is 2.70. The Hall–Kier alpha value is -6.66. The molecule has 262 valence electrons. The van der Waals surface area contributed by atoms with Gasteiger partial charge in [-0.15, -0.1) is 22.7 Å². The number of para-hydroxylation sites is 1. The molecule has 3 aromatic heterocycles. The topological polar surface area (TPSA) is 8.17 Å². The van der Waals surface area contributed by atoms with Crippen molar-refractivity contribution in [1.29, 1.82) is 0 Å². The first-order valence-electron chi connectivity index (χ1n) is 19.6. The summed E-state index contributed by atoms with van der Waals surface area (Å²) in [6.07, 6.45) is 0. The molecule has 5 heteroatoms. The maximum Gasteiger partial charge on any atom is 0.333 e. The van der Waals surface area contributed by atoms with E-state index in [4.69, 9.17) is 0 Å². The quantitative estimate of drug-likeness (QED) is 0.160. The van der Waals surface area contributed by atoms with Gasteiger partial charge in [-0.25, -0.2) is 0 Å². The molecule has 0 saturated heterocycles. The lowest BCUT2D eigenvalue weighted by molar-refractivity contribution is 1.26. The summed E-state index contributed by atoms with van der Waals surface area (Å²) in [5, 5.41) is 10.4. The first-order chi connectivity index (χ1) is 28.2. The van der Waals surface area contributed by atoms with Gasteiger partial charge in [0, 0.05) is 84.8 Å². The molecule has 2 nitrogen and oxygen atoms in total. The predicted octanol–water partition coefficient (Wildman–Crippen LogP) is 13.8. The normalized spacial score (nSPS) is 13.2. The highest BCUT2D eigenvalue weighted by Gasteiger charge is 2.43. The van der Waals surface area contributed by atoms with Crippen molar-refractivity contribution < 1.29 is 0 Å². The largest absolute Gasteiger partial charge is 0.375 e. The van der Waals surface area contributed by atoms with Gasteiger partial charge in [-0.2, -0.15) is 0 Å². The average molecular weight is 757 g/mol. The van der Waals surface area contributed by atoms with Crippen LogP contribution in [0.15, 0.2) is 176 Å². The summed E-state index contributed by atoms with van der Waals surface area (Å²) < 4.78 is 8.00. The molecule has 0 amide bonds. The van der Waals surface area contributed by atoms with Crippen LogP contribution in [0.25, 0.3) is 95.2 Å². The minimum atomic E-state index is -0.0255. The highest BCUT2D eigenvalue weighted by Crippen LogP contribution is 2.49. The molecule has 14 rings (SSSR count). The Kier molecular flexibility index (Phi) is 5.90. The molecule has 0 spiro atoms. The minimum Gasteiger partial charge on any atom is -0.375 e. The highest BCUT2D eigenvalue weighted by molar-refractivity contribution is 7.26. The van der Waals surface area contributed by atoms with Gasteiger partial charge in [-0.1, -0.05) is 109 Å². The average Bonchev–Trinajstić information content (AvgIpc) is 3.93. The SMILES string of the molecule is c1ccc(-c2cc3c4c(c2)N(c2ccc5sc6ccccc6c5c2)c2cc5c(cc2B4n2c4cc6ccccc6cc4c4cccc-3c42)sc2ccccc25)cc1. The van der Waals surface area contributed by atoms with Crippen molar-refractivity contribution >= 4 is 130 Å². The number of nitrogens with zero attached hydrogens (tertiary/aromatic N) is 2. The summed E-state index contributed by atoms with van der Waals surface area (Å²) in [6, 6.07) is 66.5. The number of fused-ring (bicyclic) bond motifs is 14. The van der Waals surface area contributed by atoms with E-state index in [1.807, 2.05) is 22.7 Å². The summed E-state index contributed by atoms with van der Waals surface area (Å²) in [7, 11) is 0. The van der Waals surface area contributed by atoms with Crippen LogP contribution in [0.2, 0.25) is 0 Å². The summed E-state index contributed by atoms with van der Waals surface area (Å²) in [6.45, 7) is -0.0255. The van der Waals surface area contributed by atoms with Crippen LogP contribution in [0, 0.1) is 0 Å². The minimum absolute atomic E-state index is 0.0255. The fourth-order valence-electron chi connectivity index (χ4n) is 10.3. The van der Waals surface area contributed by atoms with Crippen LogP contribution in [0.5, 0.6) is 0 Å². The van der Waals surface area contributed by atoms with Crippen LogP contribution in [0.4, 0.5) is 17.1 Å². The van der Waals surface area contributed by atoms with E-state index >= 15 is 0 Å². The second kappa shape index (κ2) is 11.0. The molecule has 12 aromatic rings. The second-order valence-corrected chi connectivity index (χ2v) is 17.8. The molecule has 9 aromatic carbocycles. The van der Waals surface area contributed by atoms with E-state index in [1.54, 1.807) is 0 Å². The third-order valence-corrected chi connectivity index (χ3v) is 15.0. The molecule has 0 unspecified atom stereocenters. The van der Waals surface area contributed by atoms with Crippen molar-refractivity contribution in [2.45, 2.75) is 0 Å². The van der Waals surface area contributed by atoms with Crippen molar-refractivity contribution in [3.05, 3.63) is 176 Å². The molecule has 0 N–H and O–H groups in total. The van der Waals surface area contributed by atoms with Crippen molar-refractivity contribution in [3.8, 4) is 22.3 Å². The van der Waals surface area contributed by atoms with E-state index in [9.17, 15) is 0 Å². The fraction of sp³-hybridized carbons (Fsp3) is 0. The van der Waals surface area contributed by atoms with Gasteiger partial charge in [0.2, 0.25) is 0 Å². The molecule has 57 heavy (non-hydrogen) atoms. The second-order valence-electron chi connectivity index (χ2n) is 15.6. The number of thiophene rings is 2. The van der Waals surface area contributed by atoms with Gasteiger partial charge < -0.3 is 9.38 Å². The Labute approximate surface area is 336 Å². The Morgan fingerprint density at radius 3 is 1.91 bits per heavy atom. The fourth-order valence-corrected chi connectivity index (χ4v) is 12.5. The van der Waals surface area contributed by atoms with Crippen LogP contribution >= 0.6 is 22.7 Å². The Bertz CT molecular complexity index is 3720. The number of anilines is 3. The molecule has 0 atom stereocenters. The smallest absolute Gasteiger partial charge is 0.333 e. The zero-order valence-electron chi connectivity index (χ0n) is 30.5. The molecule has 0 saturated carbocycles. The Balaban J connectivity index is 1.17. The molecule has 0 bridgehead atoms. The highest BCUT2D eigenvalue weighted by atomic mass is 32.1. The van der Waals surface area contributed by atoms with Crippen LogP contribution in [-0.2, 0) is 0 Å². The van der Waals surface area contributed by atoms with Gasteiger partial charge in [0.05, 0.1) is 0 Å². The van der Waals surface area contributed by atoms with Crippen molar-refractivity contribution in [2.24, 2.45) is 0 Å². The van der Waals surface area contributed by atoms with Gasteiger partial charge >= 0.3 is 6.85 Å². The lowest BCUT2D eigenvalue weighted by Gasteiger charge is -2.41. The number of hydrogen-bond donors (Lipinski definition) is 0. The van der Waals surface area contributed by atoms with Gasteiger partial charge in [-0.05, 0) is 105 Å². The molecule has 2 aliphatic rings. The van der Waals surface area contributed by atoms with Crippen molar-refractivity contribution in [1.82, 2.24) is 4.48 Å². The van der Waals surface area contributed by atoms with Gasteiger partial charge in [0.15, 0.2) is 0 Å². The summed E-state index contributed by atoms with van der Waals surface area (Å²) >= 11 is 3.79. The molecular weight excluding hydrogens is 728 g/mol. The Morgan fingerprint density at radius 2 is 1.09 bits per heavy atom. The lowest BCUT2D eigenvalue weighted by Crippen LogP contribution is -2.56. The van der Waals surface area contributed by atoms with Crippen molar-refractivity contribution in [3.63, 3.8) is 0 Å². The van der Waals surface area contributed by atoms with E-state index in [1.165, 1.54) is 123 Å². The van der Waals surface area contributed by atoms with E-state index in [0.29, 0.717) is 0 Å². The third kappa shape index (κ3) is 4.05. The molecule has 0 aliphatic carbocycles. The van der Waals surface area contributed by atoms with Crippen molar-refractivity contribution in [2.75, 3.05) is 4.90 Å². The van der Waals surface area contributed by atoms with E-state index < -0.39 is 0 Å². The zero-order valence-corrected chi connectivity index (χ0v) is 32.2. The summed E-state index contributed by atoms with van der Waals surface area (Å²) in [4.78, 5) is 2.60. The summed E-state index contributed by atoms with van der Waals surface area (Å²) in [5.41, 5.74) is 14.0. The van der Waals surface area contributed by atoms with Gasteiger partial charge in [-0.3, -0.25) is 0 Å².